The molecule has 0 saturated heterocycles. The summed E-state index contributed by atoms with van der Waals surface area (Å²) in [4.78, 5) is 9.83. The fourth-order valence-corrected chi connectivity index (χ4v) is 14.2. The summed E-state index contributed by atoms with van der Waals surface area (Å²) in [7, 11) is 0. The van der Waals surface area contributed by atoms with Gasteiger partial charge in [-0.05, 0) is 119 Å². The minimum absolute atomic E-state index is 0. The number of para-hydroxylation sites is 4. The van der Waals surface area contributed by atoms with Crippen LogP contribution >= 0.6 is 0 Å². The van der Waals surface area contributed by atoms with Gasteiger partial charge in [0.25, 0.3) is 0 Å². The summed E-state index contributed by atoms with van der Waals surface area (Å²) < 4.78 is 9.43. The summed E-state index contributed by atoms with van der Waals surface area (Å²) in [5.41, 5.74) is 18.8. The van der Waals surface area contributed by atoms with Gasteiger partial charge in [0.05, 0.1) is 0 Å². The van der Waals surface area contributed by atoms with Crippen molar-refractivity contribution in [2.45, 2.75) is 73.1 Å². The predicted molar refractivity (Wildman–Crippen MR) is 323 cm³/mol. The molecule has 1 aliphatic carbocycles. The Hall–Kier alpha value is -7.98. The summed E-state index contributed by atoms with van der Waals surface area (Å²) in [6.07, 6.45) is 5.48. The molecule has 5 nitrogen and oxygen atoms in total. The number of rotatable bonds is 10. The van der Waals surface area contributed by atoms with Crippen molar-refractivity contribution >= 4 is 44.6 Å². The van der Waals surface area contributed by atoms with E-state index in [1.807, 2.05) is 12.3 Å². The molecule has 0 unspecified atom stereocenters. The number of aromatic nitrogens is 2. The molecule has 0 radical (unpaired) electrons. The van der Waals surface area contributed by atoms with Gasteiger partial charge in [0.2, 0.25) is 0 Å². The molecular weight excluding hydrogens is 1140 g/mol. The van der Waals surface area contributed by atoms with E-state index in [0.717, 1.165) is 91.0 Å². The minimum atomic E-state index is -0.277. The van der Waals surface area contributed by atoms with E-state index >= 15 is 0 Å². The fourth-order valence-electron chi connectivity index (χ4n) is 14.2. The number of aryl methyl sites for hydroxylation is 3. The number of hydrogen-bond donors (Lipinski definition) is 0. The Morgan fingerprint density at radius 1 is 0.519 bits per heavy atom. The second-order valence-electron chi connectivity index (χ2n) is 22.8. The molecule has 13 rings (SSSR count). The molecule has 394 valence electrons. The maximum Gasteiger partial charge on any atom is 0.135 e. The van der Waals surface area contributed by atoms with Crippen molar-refractivity contribution in [3.05, 3.63) is 259 Å². The number of ether oxygens (including phenoxy) is 1. The molecule has 2 aliphatic rings. The van der Waals surface area contributed by atoms with Crippen molar-refractivity contribution in [1.29, 1.82) is 0 Å². The number of fused-ring (bicyclic) bond motifs is 4. The molecule has 11 aromatic rings. The molecule has 1 fully saturated rings. The van der Waals surface area contributed by atoms with Crippen LogP contribution in [0.5, 0.6) is 11.5 Å². The van der Waals surface area contributed by atoms with Gasteiger partial charge in [0, 0.05) is 77.9 Å². The van der Waals surface area contributed by atoms with Crippen LogP contribution in [-0.2, 0) is 26.5 Å². The average molecular weight is 1210 g/mol. The fraction of sp³-hybridized carbons (Fsp3) is 0.178. The summed E-state index contributed by atoms with van der Waals surface area (Å²) in [6.45, 7) is 18.7. The molecule has 1 saturated carbocycles. The third kappa shape index (κ3) is 8.69. The maximum absolute atomic E-state index is 7.14. The largest absolute Gasteiger partial charge is 0.509 e. The Balaban J connectivity index is 0.00000623. The summed E-state index contributed by atoms with van der Waals surface area (Å²) in [6, 6.07) is 82.0. The molecule has 6 heteroatoms. The molecular formula is C73H63N4OPt-3. The zero-order valence-corrected chi connectivity index (χ0v) is 48.2. The number of nitrogens with zero attached hydrogens (tertiary/aromatic N) is 4. The summed E-state index contributed by atoms with van der Waals surface area (Å²) >= 11 is 0. The first-order valence-electron chi connectivity index (χ1n) is 27.5. The van der Waals surface area contributed by atoms with Gasteiger partial charge in [-0.2, -0.15) is 6.07 Å². The van der Waals surface area contributed by atoms with Crippen molar-refractivity contribution in [2.24, 2.45) is 10.8 Å². The van der Waals surface area contributed by atoms with Gasteiger partial charge in [0.15, 0.2) is 0 Å². The van der Waals surface area contributed by atoms with E-state index in [1.54, 1.807) is 0 Å². The van der Waals surface area contributed by atoms with Gasteiger partial charge >= 0.3 is 0 Å². The van der Waals surface area contributed by atoms with Crippen LogP contribution in [0.25, 0.3) is 61.0 Å². The SMILES string of the molecule is Cc1cc(C)c(-c2cc(Oc3[c-]c4c(cc3)c3ccccc3n4-c3cc(C4(c5ccccc5)C(C)(C)CCCC4(C)C)ccn3)[c-]c(N3[CH-]N(c4c(-c5ccccc5)cccc4-c4ccccc4)c4ccccc43)c2)c(C)c1.[Pt]. The maximum atomic E-state index is 7.14. The quantitative estimate of drug-likeness (QED) is 0.128. The van der Waals surface area contributed by atoms with Crippen LogP contribution in [0.3, 0.4) is 0 Å². The third-order valence-electron chi connectivity index (χ3n) is 17.2. The van der Waals surface area contributed by atoms with E-state index in [4.69, 9.17) is 9.72 Å². The number of hydrogen-bond acceptors (Lipinski definition) is 4. The predicted octanol–water partition coefficient (Wildman–Crippen LogP) is 19.4. The van der Waals surface area contributed by atoms with E-state index in [2.05, 4.69) is 282 Å². The van der Waals surface area contributed by atoms with Crippen LogP contribution in [0, 0.1) is 50.4 Å². The normalized spacial score (nSPS) is 15.2. The summed E-state index contributed by atoms with van der Waals surface area (Å²) in [5, 5.41) is 2.22. The van der Waals surface area contributed by atoms with Gasteiger partial charge < -0.3 is 19.1 Å². The van der Waals surface area contributed by atoms with Crippen LogP contribution in [0.4, 0.5) is 22.7 Å². The van der Waals surface area contributed by atoms with Gasteiger partial charge in [0.1, 0.15) is 5.82 Å². The smallest absolute Gasteiger partial charge is 0.135 e. The van der Waals surface area contributed by atoms with Gasteiger partial charge in [-0.15, -0.1) is 53.6 Å². The monoisotopic (exact) mass is 1210 g/mol. The van der Waals surface area contributed by atoms with Crippen LogP contribution in [0.1, 0.15) is 74.8 Å². The molecule has 3 heterocycles. The minimum Gasteiger partial charge on any atom is -0.509 e. The first-order chi connectivity index (χ1) is 37.9. The van der Waals surface area contributed by atoms with Gasteiger partial charge in [-0.25, -0.2) is 4.98 Å². The Morgan fingerprint density at radius 2 is 1.11 bits per heavy atom. The van der Waals surface area contributed by atoms with Crippen LogP contribution in [0.2, 0.25) is 0 Å². The molecule has 9 aromatic carbocycles. The molecule has 0 bridgehead atoms. The molecule has 2 aromatic heterocycles. The molecule has 0 amide bonds. The molecule has 0 spiro atoms. The van der Waals surface area contributed by atoms with Crippen molar-refractivity contribution in [2.75, 3.05) is 9.80 Å². The Bertz CT molecular complexity index is 3970. The second-order valence-corrected chi connectivity index (χ2v) is 22.8. The number of anilines is 4. The zero-order valence-electron chi connectivity index (χ0n) is 45.9. The standard InChI is InChI=1S/C73H63N4O.Pt/c1-49-41-50(2)69(51(3)42-49)54-43-57(75-48-76(66-34-20-19-33-65(66)75)70-60(52-23-11-8-12-24-52)30-21-31-61(70)53-25-13-9-14-26-53)46-59(44-54)78-58-35-36-63-62-29-17-18-32-64(62)77(67(63)47-58)68-45-56(37-40-74-68)73(55-27-15-10-16-28-55)71(4,5)38-22-39-72(73,6)7;/h8-21,23-37,40-45,48H,22,38-39H2,1-7H3;/q-3;. The number of pyridine rings is 1. The van der Waals surface area contributed by atoms with Gasteiger partial charge in [-0.3, -0.25) is 0 Å². The topological polar surface area (TPSA) is 33.5 Å². The third-order valence-corrected chi connectivity index (χ3v) is 17.2. The Morgan fingerprint density at radius 3 is 1.77 bits per heavy atom. The van der Waals surface area contributed by atoms with Gasteiger partial charge in [-0.1, -0.05) is 197 Å². The zero-order chi connectivity index (χ0) is 53.3. The molecule has 1 aliphatic heterocycles. The van der Waals surface area contributed by atoms with Crippen LogP contribution in [-0.4, -0.2) is 9.55 Å². The van der Waals surface area contributed by atoms with E-state index < -0.39 is 0 Å². The molecule has 0 N–H and O–H groups in total. The van der Waals surface area contributed by atoms with E-state index in [1.165, 1.54) is 39.8 Å². The average Bonchev–Trinajstić information content (AvgIpc) is 3.77. The Kier molecular flexibility index (Phi) is 13.3. The Labute approximate surface area is 480 Å². The molecule has 0 atom stereocenters. The van der Waals surface area contributed by atoms with Crippen LogP contribution in [0.15, 0.2) is 212 Å². The van der Waals surface area contributed by atoms with Crippen LogP contribution < -0.4 is 14.5 Å². The summed E-state index contributed by atoms with van der Waals surface area (Å²) in [5.74, 6) is 2.04. The second kappa shape index (κ2) is 20.4. The van der Waals surface area contributed by atoms with Crippen molar-refractivity contribution < 1.29 is 25.8 Å². The molecule has 79 heavy (non-hydrogen) atoms. The van der Waals surface area contributed by atoms with Crippen molar-refractivity contribution in [1.82, 2.24) is 9.55 Å². The van der Waals surface area contributed by atoms with Crippen molar-refractivity contribution in [3.63, 3.8) is 0 Å². The van der Waals surface area contributed by atoms with Crippen molar-refractivity contribution in [3.8, 4) is 50.7 Å². The van der Waals surface area contributed by atoms with E-state index in [0.29, 0.717) is 11.5 Å². The first kappa shape index (κ1) is 51.8. The number of benzene rings is 9. The van der Waals surface area contributed by atoms with E-state index in [-0.39, 0.29) is 37.3 Å². The van der Waals surface area contributed by atoms with E-state index in [9.17, 15) is 0 Å². The first-order valence-corrected chi connectivity index (χ1v) is 27.5.